The first-order chi connectivity index (χ1) is 8.81. The third-order valence-electron chi connectivity index (χ3n) is 2.73. The van der Waals surface area contributed by atoms with E-state index in [-0.39, 0.29) is 0 Å². The van der Waals surface area contributed by atoms with Crippen LogP contribution in [0.1, 0.15) is 22.2 Å². The van der Waals surface area contributed by atoms with Gasteiger partial charge in [0.15, 0.2) is 0 Å². The van der Waals surface area contributed by atoms with Gasteiger partial charge in [-0.05, 0) is 43.3 Å². The van der Waals surface area contributed by atoms with E-state index < -0.39 is 0 Å². The second-order valence-electron chi connectivity index (χ2n) is 4.19. The van der Waals surface area contributed by atoms with Crippen LogP contribution in [0, 0.1) is 0 Å². The lowest BCUT2D eigenvalue weighted by atomic mass is 10.2. The van der Waals surface area contributed by atoms with Crippen LogP contribution in [0.25, 0.3) is 0 Å². The summed E-state index contributed by atoms with van der Waals surface area (Å²) in [6, 6.07) is 12.6. The normalized spacial score (nSPS) is 10.6. The molecular weight excluding hydrogens is 242 g/mol. The fourth-order valence-corrected chi connectivity index (χ4v) is 2.66. The molecule has 0 amide bonds. The highest BCUT2D eigenvalue weighted by Crippen LogP contribution is 2.20. The molecule has 96 valence electrons. The van der Waals surface area contributed by atoms with E-state index in [0.717, 1.165) is 18.7 Å². The zero-order valence-corrected chi connectivity index (χ0v) is 11.7. The van der Waals surface area contributed by atoms with Gasteiger partial charge in [-0.3, -0.25) is 0 Å². The number of nitrogens with one attached hydrogen (secondary N) is 1. The number of ether oxygens (including phenoxy) is 1. The van der Waals surface area contributed by atoms with Crippen molar-refractivity contribution in [3.05, 3.63) is 51.7 Å². The van der Waals surface area contributed by atoms with E-state index in [2.05, 4.69) is 36.5 Å². The van der Waals surface area contributed by atoms with Gasteiger partial charge in [0.05, 0.1) is 0 Å². The lowest BCUT2D eigenvalue weighted by molar-refractivity contribution is 0.309. The number of thiophene rings is 1. The molecule has 3 heteroatoms. The summed E-state index contributed by atoms with van der Waals surface area (Å²) in [7, 11) is 1.95. The predicted molar refractivity (Wildman–Crippen MR) is 77.2 cm³/mol. The molecule has 0 saturated heterocycles. The molecular formula is C15H19NOS. The molecule has 18 heavy (non-hydrogen) atoms. The lowest BCUT2D eigenvalue weighted by Crippen LogP contribution is -2.05. The van der Waals surface area contributed by atoms with Crippen molar-refractivity contribution < 1.29 is 4.74 Å². The Balaban J connectivity index is 1.94. The molecule has 0 radical (unpaired) electrons. The van der Waals surface area contributed by atoms with Crippen molar-refractivity contribution in [1.82, 2.24) is 5.32 Å². The minimum absolute atomic E-state index is 0.660. The Kier molecular flexibility index (Phi) is 4.79. The van der Waals surface area contributed by atoms with Crippen molar-refractivity contribution in [2.45, 2.75) is 26.5 Å². The Bertz CT molecular complexity index is 493. The van der Waals surface area contributed by atoms with Crippen LogP contribution in [0.15, 0.2) is 36.4 Å². The molecule has 0 atom stereocenters. The maximum absolute atomic E-state index is 5.82. The summed E-state index contributed by atoms with van der Waals surface area (Å²) in [5.41, 5.74) is 1.25. The van der Waals surface area contributed by atoms with Crippen LogP contribution in [-0.4, -0.2) is 7.05 Å². The molecule has 2 rings (SSSR count). The van der Waals surface area contributed by atoms with Gasteiger partial charge in [-0.25, -0.2) is 0 Å². The maximum atomic E-state index is 5.82. The molecule has 1 aromatic carbocycles. The number of hydrogen-bond acceptors (Lipinski definition) is 3. The van der Waals surface area contributed by atoms with Crippen LogP contribution in [0.4, 0.5) is 0 Å². The van der Waals surface area contributed by atoms with Crippen molar-refractivity contribution in [3.63, 3.8) is 0 Å². The van der Waals surface area contributed by atoms with E-state index in [1.54, 1.807) is 0 Å². The second kappa shape index (κ2) is 6.57. The van der Waals surface area contributed by atoms with Crippen molar-refractivity contribution in [3.8, 4) is 5.75 Å². The molecule has 0 bridgehead atoms. The van der Waals surface area contributed by atoms with Gasteiger partial charge in [0.2, 0.25) is 0 Å². The standard InChI is InChI=1S/C15H19NOS/c1-3-14-7-8-15(18-14)11-17-13-6-4-5-12(9-13)10-16-2/h4-9,16H,3,10-11H2,1-2H3. The first-order valence-electron chi connectivity index (χ1n) is 6.25. The SMILES string of the molecule is CCc1ccc(COc2cccc(CNC)c2)s1. The number of hydrogen-bond donors (Lipinski definition) is 1. The second-order valence-corrected chi connectivity index (χ2v) is 5.44. The monoisotopic (exact) mass is 261 g/mol. The van der Waals surface area contributed by atoms with Crippen molar-refractivity contribution in [2.75, 3.05) is 7.05 Å². The number of benzene rings is 1. The van der Waals surface area contributed by atoms with Crippen LogP contribution >= 0.6 is 11.3 Å². The Labute approximate surface area is 113 Å². The lowest BCUT2D eigenvalue weighted by Gasteiger charge is -2.06. The van der Waals surface area contributed by atoms with Crippen molar-refractivity contribution in [1.29, 1.82) is 0 Å². The van der Waals surface area contributed by atoms with Gasteiger partial charge in [0, 0.05) is 16.3 Å². The van der Waals surface area contributed by atoms with Crippen molar-refractivity contribution in [2.24, 2.45) is 0 Å². The highest BCUT2D eigenvalue weighted by molar-refractivity contribution is 7.11. The fraction of sp³-hybridized carbons (Fsp3) is 0.333. The van der Waals surface area contributed by atoms with Gasteiger partial charge >= 0.3 is 0 Å². The molecule has 0 saturated carbocycles. The van der Waals surface area contributed by atoms with Crippen LogP contribution in [0.2, 0.25) is 0 Å². The van der Waals surface area contributed by atoms with E-state index in [9.17, 15) is 0 Å². The topological polar surface area (TPSA) is 21.3 Å². The summed E-state index contributed by atoms with van der Waals surface area (Å²) in [6.07, 6.45) is 1.10. The Morgan fingerprint density at radius 1 is 1.17 bits per heavy atom. The van der Waals surface area contributed by atoms with Gasteiger partial charge in [0.25, 0.3) is 0 Å². The first kappa shape index (κ1) is 13.1. The first-order valence-corrected chi connectivity index (χ1v) is 7.07. The summed E-state index contributed by atoms with van der Waals surface area (Å²) in [5.74, 6) is 0.939. The molecule has 2 aromatic rings. The summed E-state index contributed by atoms with van der Waals surface area (Å²) < 4.78 is 5.82. The Morgan fingerprint density at radius 3 is 2.72 bits per heavy atom. The zero-order chi connectivity index (χ0) is 12.8. The molecule has 0 unspecified atom stereocenters. The third-order valence-corrected chi connectivity index (χ3v) is 3.93. The Hall–Kier alpha value is -1.32. The zero-order valence-electron chi connectivity index (χ0n) is 10.9. The maximum Gasteiger partial charge on any atom is 0.122 e. The van der Waals surface area contributed by atoms with E-state index >= 15 is 0 Å². The van der Waals surface area contributed by atoms with Gasteiger partial charge in [-0.2, -0.15) is 0 Å². The minimum Gasteiger partial charge on any atom is -0.488 e. The van der Waals surface area contributed by atoms with E-state index in [1.807, 2.05) is 30.5 Å². The number of aryl methyl sites for hydroxylation is 1. The van der Waals surface area contributed by atoms with Crippen LogP contribution in [-0.2, 0) is 19.6 Å². The van der Waals surface area contributed by atoms with Gasteiger partial charge in [-0.1, -0.05) is 19.1 Å². The van der Waals surface area contributed by atoms with Crippen LogP contribution in [0.3, 0.4) is 0 Å². The highest BCUT2D eigenvalue weighted by atomic mass is 32.1. The fourth-order valence-electron chi connectivity index (χ4n) is 1.79. The van der Waals surface area contributed by atoms with Crippen molar-refractivity contribution >= 4 is 11.3 Å². The molecule has 1 heterocycles. The molecule has 0 fully saturated rings. The molecule has 0 spiro atoms. The molecule has 0 aliphatic rings. The highest BCUT2D eigenvalue weighted by Gasteiger charge is 2.01. The largest absolute Gasteiger partial charge is 0.488 e. The summed E-state index contributed by atoms with van der Waals surface area (Å²) >= 11 is 1.83. The van der Waals surface area contributed by atoms with Crippen LogP contribution < -0.4 is 10.1 Å². The van der Waals surface area contributed by atoms with Crippen LogP contribution in [0.5, 0.6) is 5.75 Å². The average Bonchev–Trinajstić information content (AvgIpc) is 2.85. The molecule has 1 aromatic heterocycles. The van der Waals surface area contributed by atoms with E-state index in [4.69, 9.17) is 4.74 Å². The van der Waals surface area contributed by atoms with Gasteiger partial charge < -0.3 is 10.1 Å². The summed E-state index contributed by atoms with van der Waals surface area (Å²) in [5, 5.41) is 3.14. The van der Waals surface area contributed by atoms with E-state index in [0.29, 0.717) is 6.61 Å². The molecule has 0 aliphatic heterocycles. The third kappa shape index (κ3) is 3.59. The smallest absolute Gasteiger partial charge is 0.122 e. The predicted octanol–water partition coefficient (Wildman–Crippen LogP) is 3.61. The quantitative estimate of drug-likeness (QED) is 0.857. The molecule has 0 aliphatic carbocycles. The average molecular weight is 261 g/mol. The van der Waals surface area contributed by atoms with Gasteiger partial charge in [0.1, 0.15) is 12.4 Å². The molecule has 1 N–H and O–H groups in total. The minimum atomic E-state index is 0.660. The number of rotatable bonds is 6. The Morgan fingerprint density at radius 2 is 2.00 bits per heavy atom. The van der Waals surface area contributed by atoms with E-state index in [1.165, 1.54) is 15.3 Å². The summed E-state index contributed by atoms with van der Waals surface area (Å²) in [6.45, 7) is 3.71. The summed E-state index contributed by atoms with van der Waals surface area (Å²) in [4.78, 5) is 2.70. The molecule has 2 nitrogen and oxygen atoms in total. The van der Waals surface area contributed by atoms with Gasteiger partial charge in [-0.15, -0.1) is 11.3 Å².